The molecule has 19 heavy (non-hydrogen) atoms. The molecule has 2 rings (SSSR count). The van der Waals surface area contributed by atoms with E-state index in [2.05, 4.69) is 13.8 Å². The van der Waals surface area contributed by atoms with E-state index in [9.17, 15) is 9.59 Å². The number of rotatable bonds is 5. The largest absolute Gasteiger partial charge is 0.481 e. The van der Waals surface area contributed by atoms with Gasteiger partial charge in [-0.2, -0.15) is 0 Å². The number of nitrogens with zero attached hydrogens (tertiary/aromatic N) is 1. The van der Waals surface area contributed by atoms with E-state index in [0.29, 0.717) is 18.4 Å². The number of carboxylic acids is 1. The van der Waals surface area contributed by atoms with Crippen LogP contribution in [0.4, 0.5) is 0 Å². The molecule has 0 bridgehead atoms. The summed E-state index contributed by atoms with van der Waals surface area (Å²) in [7, 11) is 0. The van der Waals surface area contributed by atoms with Crippen LogP contribution in [0.25, 0.3) is 0 Å². The van der Waals surface area contributed by atoms with Gasteiger partial charge >= 0.3 is 5.97 Å². The maximum atomic E-state index is 12.5. The molecule has 0 aromatic rings. The van der Waals surface area contributed by atoms with Gasteiger partial charge in [0, 0.05) is 12.6 Å². The molecular weight excluding hydrogens is 242 g/mol. The Labute approximate surface area is 115 Å². The summed E-state index contributed by atoms with van der Waals surface area (Å²) in [6, 6.07) is 0.336. The van der Waals surface area contributed by atoms with Crippen LogP contribution in [0.15, 0.2) is 0 Å². The van der Waals surface area contributed by atoms with Gasteiger partial charge in [0.25, 0.3) is 0 Å². The molecule has 2 fully saturated rings. The SMILES string of the molecule is CCCC(C)C1CCCN1C(=O)C1CCC1C(=O)O. The number of amides is 1. The van der Waals surface area contributed by atoms with E-state index in [1.165, 1.54) is 0 Å². The topological polar surface area (TPSA) is 57.6 Å². The maximum Gasteiger partial charge on any atom is 0.307 e. The van der Waals surface area contributed by atoms with E-state index in [4.69, 9.17) is 5.11 Å². The fourth-order valence-electron chi connectivity index (χ4n) is 3.61. The summed E-state index contributed by atoms with van der Waals surface area (Å²) < 4.78 is 0. The Morgan fingerprint density at radius 2 is 1.95 bits per heavy atom. The van der Waals surface area contributed by atoms with Gasteiger partial charge in [0.1, 0.15) is 0 Å². The minimum absolute atomic E-state index is 0.101. The predicted octanol–water partition coefficient (Wildman–Crippen LogP) is 2.52. The minimum atomic E-state index is -0.804. The molecule has 4 nitrogen and oxygen atoms in total. The van der Waals surface area contributed by atoms with Crippen molar-refractivity contribution in [2.45, 2.75) is 58.4 Å². The lowest BCUT2D eigenvalue weighted by molar-refractivity contribution is -0.157. The number of aliphatic carboxylic acids is 1. The summed E-state index contributed by atoms with van der Waals surface area (Å²) in [4.78, 5) is 25.6. The Morgan fingerprint density at radius 1 is 1.26 bits per heavy atom. The summed E-state index contributed by atoms with van der Waals surface area (Å²) in [5.74, 6) is -0.868. The van der Waals surface area contributed by atoms with Crippen LogP contribution in [0.1, 0.15) is 52.4 Å². The van der Waals surface area contributed by atoms with Crippen LogP contribution in [-0.2, 0) is 9.59 Å². The number of carbonyl (C=O) groups excluding carboxylic acids is 1. The number of hydrogen-bond donors (Lipinski definition) is 1. The van der Waals surface area contributed by atoms with Crippen molar-refractivity contribution < 1.29 is 14.7 Å². The molecule has 108 valence electrons. The second-order valence-corrected chi connectivity index (χ2v) is 6.14. The van der Waals surface area contributed by atoms with Crippen LogP contribution in [0, 0.1) is 17.8 Å². The van der Waals surface area contributed by atoms with Crippen molar-refractivity contribution in [3.05, 3.63) is 0 Å². The molecule has 0 radical (unpaired) electrons. The molecule has 1 saturated carbocycles. The molecule has 1 aliphatic heterocycles. The van der Waals surface area contributed by atoms with Crippen LogP contribution in [0.3, 0.4) is 0 Å². The van der Waals surface area contributed by atoms with Crippen molar-refractivity contribution in [2.24, 2.45) is 17.8 Å². The van der Waals surface area contributed by atoms with E-state index >= 15 is 0 Å². The number of hydrogen-bond acceptors (Lipinski definition) is 2. The van der Waals surface area contributed by atoms with Crippen molar-refractivity contribution in [3.63, 3.8) is 0 Å². The lowest BCUT2D eigenvalue weighted by Gasteiger charge is -2.38. The summed E-state index contributed by atoms with van der Waals surface area (Å²) >= 11 is 0. The molecule has 0 spiro atoms. The maximum absolute atomic E-state index is 12.5. The summed E-state index contributed by atoms with van der Waals surface area (Å²) in [5, 5.41) is 9.08. The smallest absolute Gasteiger partial charge is 0.307 e. The fourth-order valence-corrected chi connectivity index (χ4v) is 3.61. The first-order chi connectivity index (χ1) is 9.06. The zero-order valence-corrected chi connectivity index (χ0v) is 12.0. The van der Waals surface area contributed by atoms with Gasteiger partial charge in [0.05, 0.1) is 11.8 Å². The number of likely N-dealkylation sites (tertiary alicyclic amines) is 1. The second-order valence-electron chi connectivity index (χ2n) is 6.14. The van der Waals surface area contributed by atoms with Crippen LogP contribution < -0.4 is 0 Å². The Bertz CT molecular complexity index is 355. The highest BCUT2D eigenvalue weighted by Gasteiger charge is 2.45. The van der Waals surface area contributed by atoms with Gasteiger partial charge in [-0.25, -0.2) is 0 Å². The molecule has 4 heteroatoms. The van der Waals surface area contributed by atoms with Gasteiger partial charge in [0.15, 0.2) is 0 Å². The van der Waals surface area contributed by atoms with Gasteiger partial charge < -0.3 is 10.0 Å². The average Bonchev–Trinajstić information content (AvgIpc) is 2.75. The standard InChI is InChI=1S/C15H25NO3/c1-3-5-10(2)13-6-4-9-16(13)14(17)11-7-8-12(11)15(18)19/h10-13H,3-9H2,1-2H3,(H,18,19). The highest BCUT2D eigenvalue weighted by molar-refractivity contribution is 5.86. The number of carbonyl (C=O) groups is 2. The summed E-state index contributed by atoms with van der Waals surface area (Å²) in [6.07, 6.45) is 5.84. The Hall–Kier alpha value is -1.06. The highest BCUT2D eigenvalue weighted by Crippen LogP contribution is 2.38. The van der Waals surface area contributed by atoms with Crippen molar-refractivity contribution in [3.8, 4) is 0 Å². The van der Waals surface area contributed by atoms with Crippen LogP contribution in [-0.4, -0.2) is 34.5 Å². The van der Waals surface area contributed by atoms with Gasteiger partial charge in [-0.15, -0.1) is 0 Å². The van der Waals surface area contributed by atoms with E-state index in [-0.39, 0.29) is 11.8 Å². The molecule has 4 unspecified atom stereocenters. The second kappa shape index (κ2) is 5.93. The van der Waals surface area contributed by atoms with Crippen LogP contribution in [0.2, 0.25) is 0 Å². The molecule has 4 atom stereocenters. The summed E-state index contributed by atoms with van der Waals surface area (Å²) in [5.41, 5.74) is 0. The molecule has 1 N–H and O–H groups in total. The lowest BCUT2D eigenvalue weighted by Crippen LogP contribution is -2.49. The molecule has 0 aromatic heterocycles. The third kappa shape index (κ3) is 2.77. The molecule has 1 aliphatic carbocycles. The normalized spacial score (nSPS) is 31.9. The first-order valence-electron chi connectivity index (χ1n) is 7.59. The first-order valence-corrected chi connectivity index (χ1v) is 7.59. The van der Waals surface area contributed by atoms with Gasteiger partial charge in [-0.05, 0) is 38.0 Å². The van der Waals surface area contributed by atoms with Crippen molar-refractivity contribution >= 4 is 11.9 Å². The quantitative estimate of drug-likeness (QED) is 0.832. The molecule has 2 aliphatic rings. The highest BCUT2D eigenvalue weighted by atomic mass is 16.4. The summed E-state index contributed by atoms with van der Waals surface area (Å²) in [6.45, 7) is 5.21. The molecule has 1 amide bonds. The van der Waals surface area contributed by atoms with E-state index < -0.39 is 11.9 Å². The van der Waals surface area contributed by atoms with Crippen LogP contribution >= 0.6 is 0 Å². The van der Waals surface area contributed by atoms with Crippen molar-refractivity contribution in [2.75, 3.05) is 6.54 Å². The van der Waals surface area contributed by atoms with Gasteiger partial charge in [-0.1, -0.05) is 20.3 Å². The number of carboxylic acid groups (broad SMARTS) is 1. The van der Waals surface area contributed by atoms with Gasteiger partial charge in [-0.3, -0.25) is 9.59 Å². The van der Waals surface area contributed by atoms with E-state index in [1.807, 2.05) is 4.90 Å². The fraction of sp³-hybridized carbons (Fsp3) is 0.867. The Balaban J connectivity index is 2.00. The van der Waals surface area contributed by atoms with Gasteiger partial charge in [0.2, 0.25) is 5.91 Å². The third-order valence-electron chi connectivity index (χ3n) is 4.89. The molecule has 1 heterocycles. The lowest BCUT2D eigenvalue weighted by atomic mass is 9.72. The van der Waals surface area contributed by atoms with E-state index in [1.54, 1.807) is 0 Å². The zero-order valence-electron chi connectivity index (χ0n) is 12.0. The Morgan fingerprint density at radius 3 is 2.47 bits per heavy atom. The van der Waals surface area contributed by atoms with Crippen LogP contribution in [0.5, 0.6) is 0 Å². The van der Waals surface area contributed by atoms with Crippen molar-refractivity contribution in [1.29, 1.82) is 0 Å². The van der Waals surface area contributed by atoms with E-state index in [0.717, 1.165) is 38.6 Å². The molecule has 1 saturated heterocycles. The van der Waals surface area contributed by atoms with Crippen molar-refractivity contribution in [1.82, 2.24) is 4.90 Å². The average molecular weight is 267 g/mol. The molecule has 0 aromatic carbocycles. The first kappa shape index (κ1) is 14.4. The molecular formula is C15H25NO3. The predicted molar refractivity (Wildman–Crippen MR) is 72.7 cm³/mol. The zero-order chi connectivity index (χ0) is 14.0. The third-order valence-corrected chi connectivity index (χ3v) is 4.89. The Kier molecular flexibility index (Phi) is 4.48. The minimum Gasteiger partial charge on any atom is -0.481 e. The monoisotopic (exact) mass is 267 g/mol.